The van der Waals surface area contributed by atoms with E-state index in [1.54, 1.807) is 31.2 Å². The van der Waals surface area contributed by atoms with Crippen LogP contribution in [0.5, 0.6) is 5.75 Å². The van der Waals surface area contributed by atoms with Gasteiger partial charge in [0.2, 0.25) is 5.91 Å². The summed E-state index contributed by atoms with van der Waals surface area (Å²) in [6.45, 7) is 2.28. The van der Waals surface area contributed by atoms with Crippen molar-refractivity contribution in [1.29, 1.82) is 0 Å². The lowest BCUT2D eigenvalue weighted by Crippen LogP contribution is -2.48. The Bertz CT molecular complexity index is 914. The summed E-state index contributed by atoms with van der Waals surface area (Å²) < 4.78 is 10.3. The summed E-state index contributed by atoms with van der Waals surface area (Å²) in [7, 11) is 0. The van der Waals surface area contributed by atoms with Crippen LogP contribution in [-0.4, -0.2) is 29.5 Å². The van der Waals surface area contributed by atoms with Gasteiger partial charge in [-0.3, -0.25) is 25.8 Å². The number of thiocarbonyl (C=S) groups is 1. The zero-order valence-electron chi connectivity index (χ0n) is 16.2. The number of hydrogen-bond acceptors (Lipinski definition) is 6. The van der Waals surface area contributed by atoms with E-state index in [2.05, 4.69) is 20.9 Å². The van der Waals surface area contributed by atoms with E-state index in [1.165, 1.54) is 0 Å². The summed E-state index contributed by atoms with van der Waals surface area (Å²) >= 11 is 4.90. The van der Waals surface area contributed by atoms with Gasteiger partial charge in [-0.15, -0.1) is 0 Å². The first-order chi connectivity index (χ1) is 14.5. The van der Waals surface area contributed by atoms with E-state index in [1.807, 2.05) is 30.3 Å². The Morgan fingerprint density at radius 1 is 0.967 bits per heavy atom. The molecule has 0 radical (unpaired) electrons. The average Bonchev–Trinajstić information content (AvgIpc) is 2.76. The number of hydrogen-bond donors (Lipinski definition) is 3. The van der Waals surface area contributed by atoms with Crippen molar-refractivity contribution in [2.24, 2.45) is 0 Å². The summed E-state index contributed by atoms with van der Waals surface area (Å²) in [5.74, 6) is -1.12. The Labute approximate surface area is 179 Å². The second-order valence-electron chi connectivity index (χ2n) is 5.78. The number of hydrazine groups is 1. The van der Waals surface area contributed by atoms with Crippen molar-refractivity contribution in [1.82, 2.24) is 16.2 Å². The van der Waals surface area contributed by atoms with Gasteiger partial charge in [-0.1, -0.05) is 30.3 Å². The molecule has 0 unspecified atom stereocenters. The molecule has 3 N–H and O–H groups in total. The summed E-state index contributed by atoms with van der Waals surface area (Å²) in [4.78, 5) is 34.9. The van der Waals surface area contributed by atoms with Crippen molar-refractivity contribution in [3.05, 3.63) is 77.9 Å². The molecule has 156 valence electrons. The Morgan fingerprint density at radius 2 is 1.67 bits per heavy atom. The molecule has 9 heteroatoms. The molecule has 30 heavy (non-hydrogen) atoms. The maximum atomic E-state index is 12.2. The summed E-state index contributed by atoms with van der Waals surface area (Å²) in [5.41, 5.74) is 6.17. The minimum Gasteiger partial charge on any atom is -0.489 e. The highest BCUT2D eigenvalue weighted by Crippen LogP contribution is 2.14. The van der Waals surface area contributed by atoms with Crippen molar-refractivity contribution in [3.8, 4) is 5.75 Å². The van der Waals surface area contributed by atoms with Crippen LogP contribution in [0.15, 0.2) is 66.7 Å². The quantitative estimate of drug-likeness (QED) is 0.269. The molecule has 0 bridgehead atoms. The predicted octanol–water partition coefficient (Wildman–Crippen LogP) is 2.02. The number of carbonyl (C=O) groups excluding carboxylic acids is 3. The highest BCUT2D eigenvalue weighted by molar-refractivity contribution is 7.80. The van der Waals surface area contributed by atoms with E-state index in [0.29, 0.717) is 17.9 Å². The molecule has 0 saturated carbocycles. The van der Waals surface area contributed by atoms with Crippen LogP contribution < -0.4 is 20.9 Å². The van der Waals surface area contributed by atoms with Crippen LogP contribution >= 0.6 is 12.2 Å². The third kappa shape index (κ3) is 8.11. The molecule has 0 atom stereocenters. The van der Waals surface area contributed by atoms with E-state index in [9.17, 15) is 14.4 Å². The van der Waals surface area contributed by atoms with Crippen LogP contribution in [0.2, 0.25) is 0 Å². The second kappa shape index (κ2) is 12.0. The molecule has 8 nitrogen and oxygen atoms in total. The van der Waals surface area contributed by atoms with Gasteiger partial charge in [-0.05, 0) is 49.0 Å². The Hall–Kier alpha value is -3.72. The monoisotopic (exact) mass is 427 g/mol. The number of carbonyl (C=O) groups is 3. The van der Waals surface area contributed by atoms with E-state index < -0.39 is 17.8 Å². The first-order valence-corrected chi connectivity index (χ1v) is 9.41. The van der Waals surface area contributed by atoms with Gasteiger partial charge >= 0.3 is 5.97 Å². The van der Waals surface area contributed by atoms with Crippen molar-refractivity contribution in [2.45, 2.75) is 13.5 Å². The predicted molar refractivity (Wildman–Crippen MR) is 114 cm³/mol. The molecule has 2 aromatic carbocycles. The molecule has 0 heterocycles. The van der Waals surface area contributed by atoms with Gasteiger partial charge < -0.3 is 9.47 Å². The minimum atomic E-state index is -0.644. The normalized spacial score (nSPS) is 10.2. The van der Waals surface area contributed by atoms with Crippen molar-refractivity contribution >= 4 is 35.1 Å². The smallest absolute Gasteiger partial charge is 0.330 e. The van der Waals surface area contributed by atoms with Gasteiger partial charge in [0.25, 0.3) is 5.91 Å². The topological polar surface area (TPSA) is 106 Å². The molecule has 0 aliphatic carbocycles. The van der Waals surface area contributed by atoms with E-state index in [-0.39, 0.29) is 11.7 Å². The Kier molecular flexibility index (Phi) is 9.01. The van der Waals surface area contributed by atoms with E-state index in [4.69, 9.17) is 17.0 Å². The number of nitrogens with one attached hydrogen (secondary N) is 3. The van der Waals surface area contributed by atoms with Crippen LogP contribution in [0.3, 0.4) is 0 Å². The molecule has 2 amide bonds. The summed E-state index contributed by atoms with van der Waals surface area (Å²) in [6, 6.07) is 16.3. The fourth-order valence-corrected chi connectivity index (χ4v) is 2.30. The number of ether oxygens (including phenoxy) is 2. The highest BCUT2D eigenvalue weighted by Gasteiger charge is 2.07. The third-order valence-electron chi connectivity index (χ3n) is 3.55. The number of benzene rings is 2. The molecule has 0 aromatic heterocycles. The van der Waals surface area contributed by atoms with E-state index >= 15 is 0 Å². The van der Waals surface area contributed by atoms with Gasteiger partial charge in [-0.25, -0.2) is 4.79 Å². The summed E-state index contributed by atoms with van der Waals surface area (Å²) in [6.07, 6.45) is 1.95. The van der Waals surface area contributed by atoms with Crippen molar-refractivity contribution < 1.29 is 23.9 Å². The van der Waals surface area contributed by atoms with Crippen LogP contribution in [0, 0.1) is 0 Å². The maximum absolute atomic E-state index is 12.2. The minimum absolute atomic E-state index is 0.135. The molecule has 2 aromatic rings. The van der Waals surface area contributed by atoms with Crippen molar-refractivity contribution in [2.75, 3.05) is 6.61 Å². The average molecular weight is 427 g/mol. The largest absolute Gasteiger partial charge is 0.489 e. The fourth-order valence-electron chi connectivity index (χ4n) is 2.15. The van der Waals surface area contributed by atoms with Gasteiger partial charge in [0.05, 0.1) is 6.61 Å². The molecule has 2 rings (SSSR count). The molecule has 0 saturated heterocycles. The highest BCUT2D eigenvalue weighted by atomic mass is 32.1. The number of amides is 2. The SMILES string of the molecule is CCOC(=O)C=CC(=O)NC(=S)NNC(=O)c1ccc(OCc2ccccc2)cc1. The number of esters is 1. The van der Waals surface area contributed by atoms with Crippen LogP contribution in [-0.2, 0) is 20.9 Å². The fraction of sp³-hybridized carbons (Fsp3) is 0.143. The molecule has 0 aliphatic rings. The lowest BCUT2D eigenvalue weighted by atomic mass is 10.2. The zero-order chi connectivity index (χ0) is 21.8. The molecule has 0 fully saturated rings. The van der Waals surface area contributed by atoms with Gasteiger partial charge in [0, 0.05) is 17.7 Å². The first kappa shape index (κ1) is 22.6. The lowest BCUT2D eigenvalue weighted by molar-refractivity contribution is -0.137. The van der Waals surface area contributed by atoms with Crippen molar-refractivity contribution in [3.63, 3.8) is 0 Å². The zero-order valence-corrected chi connectivity index (χ0v) is 17.0. The van der Waals surface area contributed by atoms with Crippen LogP contribution in [0.1, 0.15) is 22.8 Å². The maximum Gasteiger partial charge on any atom is 0.330 e. The summed E-state index contributed by atoms with van der Waals surface area (Å²) in [5, 5.41) is 2.14. The molecule has 0 spiro atoms. The Morgan fingerprint density at radius 3 is 2.33 bits per heavy atom. The van der Waals surface area contributed by atoms with Gasteiger partial charge in [-0.2, -0.15) is 0 Å². The standard InChI is InChI=1S/C21H21N3O5S/c1-2-28-19(26)13-12-18(25)22-21(30)24-23-20(27)16-8-10-17(11-9-16)29-14-15-6-4-3-5-7-15/h3-13H,2,14H2,1H3,(H,23,27)(H2,22,24,25,30). The third-order valence-corrected chi connectivity index (χ3v) is 3.75. The number of rotatable bonds is 7. The second-order valence-corrected chi connectivity index (χ2v) is 6.19. The Balaban J connectivity index is 1.75. The first-order valence-electron chi connectivity index (χ1n) is 9.01. The van der Waals surface area contributed by atoms with Gasteiger partial charge in [0.15, 0.2) is 5.11 Å². The van der Waals surface area contributed by atoms with Crippen LogP contribution in [0.25, 0.3) is 0 Å². The molecule has 0 aliphatic heterocycles. The lowest BCUT2D eigenvalue weighted by Gasteiger charge is -2.10. The van der Waals surface area contributed by atoms with Gasteiger partial charge in [0.1, 0.15) is 12.4 Å². The van der Waals surface area contributed by atoms with Crippen LogP contribution in [0.4, 0.5) is 0 Å². The molecular weight excluding hydrogens is 406 g/mol. The van der Waals surface area contributed by atoms with E-state index in [0.717, 1.165) is 17.7 Å². The molecular formula is C21H21N3O5S.